The summed E-state index contributed by atoms with van der Waals surface area (Å²) in [6.07, 6.45) is 3.34. The van der Waals surface area contributed by atoms with Gasteiger partial charge in [0.2, 0.25) is 5.91 Å². The van der Waals surface area contributed by atoms with E-state index in [1.165, 1.54) is 24.3 Å². The average molecular weight is 358 g/mol. The van der Waals surface area contributed by atoms with E-state index in [9.17, 15) is 14.0 Å². The highest BCUT2D eigenvalue weighted by molar-refractivity contribution is 5.94. The molecular weight excluding hydrogens is 333 g/mol. The van der Waals surface area contributed by atoms with Crippen molar-refractivity contribution in [3.63, 3.8) is 0 Å². The van der Waals surface area contributed by atoms with E-state index < -0.39 is 0 Å². The summed E-state index contributed by atoms with van der Waals surface area (Å²) in [5.74, 6) is -0.690. The van der Waals surface area contributed by atoms with Gasteiger partial charge in [-0.1, -0.05) is 0 Å². The molecule has 0 bridgehead atoms. The van der Waals surface area contributed by atoms with Gasteiger partial charge in [-0.2, -0.15) is 0 Å². The molecule has 0 aliphatic carbocycles. The number of piperidine rings is 1. The molecule has 1 aromatic carbocycles. The van der Waals surface area contributed by atoms with Crippen molar-refractivity contribution >= 4 is 24.2 Å². The molecule has 2 amide bonds. The second-order valence-electron chi connectivity index (χ2n) is 5.88. The molecule has 0 radical (unpaired) electrons. The topological polar surface area (TPSA) is 75.4 Å². The summed E-state index contributed by atoms with van der Waals surface area (Å²) >= 11 is 0. The number of hydrogen-bond donors (Lipinski definition) is 2. The Hall–Kier alpha value is -1.66. The van der Waals surface area contributed by atoms with E-state index in [1.807, 2.05) is 0 Å². The number of carbonyl (C=O) groups excluding carboxylic acids is 2. The van der Waals surface area contributed by atoms with Crippen molar-refractivity contribution in [2.45, 2.75) is 25.7 Å². The minimum absolute atomic E-state index is 0. The van der Waals surface area contributed by atoms with Crippen molar-refractivity contribution in [3.8, 4) is 0 Å². The van der Waals surface area contributed by atoms with Gasteiger partial charge in [0, 0.05) is 25.2 Å². The van der Waals surface area contributed by atoms with Gasteiger partial charge in [0.25, 0.3) is 5.91 Å². The van der Waals surface area contributed by atoms with Gasteiger partial charge in [-0.15, -0.1) is 12.4 Å². The fraction of sp³-hybridized carbons (Fsp3) is 0.529. The highest BCUT2D eigenvalue weighted by atomic mass is 35.5. The second-order valence-corrected chi connectivity index (χ2v) is 5.88. The Labute approximate surface area is 148 Å². The molecule has 1 aromatic rings. The Morgan fingerprint density at radius 1 is 1.25 bits per heavy atom. The van der Waals surface area contributed by atoms with Crippen molar-refractivity contribution in [2.75, 3.05) is 26.2 Å². The fourth-order valence-corrected chi connectivity index (χ4v) is 2.78. The molecule has 0 saturated carbocycles. The third-order valence-electron chi connectivity index (χ3n) is 4.10. The average Bonchev–Trinajstić information content (AvgIpc) is 2.59. The van der Waals surface area contributed by atoms with E-state index in [4.69, 9.17) is 5.73 Å². The quantitative estimate of drug-likeness (QED) is 0.764. The molecule has 1 fully saturated rings. The first-order valence-corrected chi connectivity index (χ1v) is 8.14. The Bertz CT molecular complexity index is 539. The van der Waals surface area contributed by atoms with E-state index in [0.717, 1.165) is 25.7 Å². The molecule has 24 heavy (non-hydrogen) atoms. The smallest absolute Gasteiger partial charge is 0.253 e. The van der Waals surface area contributed by atoms with E-state index in [0.29, 0.717) is 31.7 Å². The standard InChI is InChI=1S/C17H24FN3O2.ClH/c18-15-7-5-13(6-8-15)17(23)21-11-3-4-14(12-21)16(22)20-10-2-1-9-19;/h5-8,14H,1-4,9-12,19H2,(H,20,22);1H. The molecular formula is C17H25ClFN3O2. The number of amides is 2. The van der Waals surface area contributed by atoms with Crippen molar-refractivity contribution in [3.05, 3.63) is 35.6 Å². The molecule has 1 saturated heterocycles. The van der Waals surface area contributed by atoms with Gasteiger partial charge in [-0.3, -0.25) is 9.59 Å². The molecule has 1 atom stereocenters. The van der Waals surface area contributed by atoms with Crippen molar-refractivity contribution in [2.24, 2.45) is 11.7 Å². The summed E-state index contributed by atoms with van der Waals surface area (Å²) in [7, 11) is 0. The third kappa shape index (κ3) is 5.76. The highest BCUT2D eigenvalue weighted by Gasteiger charge is 2.28. The zero-order chi connectivity index (χ0) is 16.7. The first-order chi connectivity index (χ1) is 11.1. The molecule has 0 spiro atoms. The zero-order valence-electron chi connectivity index (χ0n) is 13.7. The van der Waals surface area contributed by atoms with E-state index >= 15 is 0 Å². The molecule has 1 unspecified atom stereocenters. The van der Waals surface area contributed by atoms with Crippen LogP contribution < -0.4 is 11.1 Å². The molecule has 0 aromatic heterocycles. The van der Waals surface area contributed by atoms with Crippen LogP contribution in [0.1, 0.15) is 36.0 Å². The zero-order valence-corrected chi connectivity index (χ0v) is 14.5. The van der Waals surface area contributed by atoms with Crippen molar-refractivity contribution in [1.82, 2.24) is 10.2 Å². The van der Waals surface area contributed by atoms with Gasteiger partial charge in [0.15, 0.2) is 0 Å². The third-order valence-corrected chi connectivity index (χ3v) is 4.10. The van der Waals surface area contributed by atoms with Crippen LogP contribution in [0.5, 0.6) is 0 Å². The van der Waals surface area contributed by atoms with Gasteiger partial charge < -0.3 is 16.0 Å². The minimum Gasteiger partial charge on any atom is -0.356 e. The summed E-state index contributed by atoms with van der Waals surface area (Å²) in [6, 6.07) is 5.51. The summed E-state index contributed by atoms with van der Waals surface area (Å²) < 4.78 is 12.9. The van der Waals surface area contributed by atoms with Crippen LogP contribution in [0.15, 0.2) is 24.3 Å². The molecule has 1 aliphatic rings. The molecule has 5 nitrogen and oxygen atoms in total. The predicted octanol–water partition coefficient (Wildman–Crippen LogP) is 1.95. The number of benzene rings is 1. The van der Waals surface area contributed by atoms with Crippen LogP contribution in [0.4, 0.5) is 4.39 Å². The maximum atomic E-state index is 12.9. The Kier molecular flexibility index (Phi) is 8.71. The highest BCUT2D eigenvalue weighted by Crippen LogP contribution is 2.19. The summed E-state index contributed by atoms with van der Waals surface area (Å²) in [5.41, 5.74) is 5.88. The maximum absolute atomic E-state index is 12.9. The van der Waals surface area contributed by atoms with Crippen LogP contribution >= 0.6 is 12.4 Å². The summed E-state index contributed by atoms with van der Waals surface area (Å²) in [6.45, 7) is 2.30. The Morgan fingerprint density at radius 2 is 1.96 bits per heavy atom. The summed E-state index contributed by atoms with van der Waals surface area (Å²) in [5, 5.41) is 2.91. The number of nitrogens with zero attached hydrogens (tertiary/aromatic N) is 1. The number of halogens is 2. The predicted molar refractivity (Wildman–Crippen MR) is 93.6 cm³/mol. The Balaban J connectivity index is 0.00000288. The largest absolute Gasteiger partial charge is 0.356 e. The number of nitrogens with one attached hydrogen (secondary N) is 1. The number of unbranched alkanes of at least 4 members (excludes halogenated alkanes) is 1. The minimum atomic E-state index is -0.366. The lowest BCUT2D eigenvalue weighted by Crippen LogP contribution is -2.45. The normalized spacial score (nSPS) is 17.1. The lowest BCUT2D eigenvalue weighted by atomic mass is 9.96. The van der Waals surface area contributed by atoms with Crippen LogP contribution in [0.2, 0.25) is 0 Å². The number of nitrogens with two attached hydrogens (primary N) is 1. The van der Waals surface area contributed by atoms with Crippen LogP contribution in [-0.4, -0.2) is 42.9 Å². The van der Waals surface area contributed by atoms with E-state index in [1.54, 1.807) is 4.90 Å². The van der Waals surface area contributed by atoms with E-state index in [-0.39, 0.29) is 36.0 Å². The number of rotatable bonds is 6. The second kappa shape index (κ2) is 10.3. The molecule has 134 valence electrons. The fourth-order valence-electron chi connectivity index (χ4n) is 2.78. The maximum Gasteiger partial charge on any atom is 0.253 e. The van der Waals surface area contributed by atoms with Crippen LogP contribution in [-0.2, 0) is 4.79 Å². The van der Waals surface area contributed by atoms with Crippen LogP contribution in [0.25, 0.3) is 0 Å². The van der Waals surface area contributed by atoms with Gasteiger partial charge >= 0.3 is 0 Å². The molecule has 1 aliphatic heterocycles. The van der Waals surface area contributed by atoms with Gasteiger partial charge in [0.05, 0.1) is 5.92 Å². The van der Waals surface area contributed by atoms with Gasteiger partial charge in [0.1, 0.15) is 5.82 Å². The lowest BCUT2D eigenvalue weighted by molar-refractivity contribution is -0.126. The number of likely N-dealkylation sites (tertiary alicyclic amines) is 1. The van der Waals surface area contributed by atoms with Crippen molar-refractivity contribution in [1.29, 1.82) is 0 Å². The van der Waals surface area contributed by atoms with Crippen molar-refractivity contribution < 1.29 is 14.0 Å². The first-order valence-electron chi connectivity index (χ1n) is 8.14. The number of carbonyl (C=O) groups is 2. The van der Waals surface area contributed by atoms with Crippen LogP contribution in [0, 0.1) is 11.7 Å². The first kappa shape index (κ1) is 20.4. The summed E-state index contributed by atoms with van der Waals surface area (Å²) in [4.78, 5) is 26.3. The van der Waals surface area contributed by atoms with Gasteiger partial charge in [-0.25, -0.2) is 4.39 Å². The molecule has 1 heterocycles. The van der Waals surface area contributed by atoms with Gasteiger partial charge in [-0.05, 0) is 56.5 Å². The Morgan fingerprint density at radius 3 is 2.62 bits per heavy atom. The SMILES string of the molecule is Cl.NCCCCNC(=O)C1CCCN(C(=O)c2ccc(F)cc2)C1. The van der Waals surface area contributed by atoms with E-state index in [2.05, 4.69) is 5.32 Å². The lowest BCUT2D eigenvalue weighted by Gasteiger charge is -2.32. The molecule has 2 rings (SSSR count). The molecule has 7 heteroatoms. The monoisotopic (exact) mass is 357 g/mol. The molecule has 3 N–H and O–H groups in total. The number of hydrogen-bond acceptors (Lipinski definition) is 3. The van der Waals surface area contributed by atoms with Crippen LogP contribution in [0.3, 0.4) is 0 Å².